The van der Waals surface area contributed by atoms with Gasteiger partial charge in [0.1, 0.15) is 0 Å². The lowest BCUT2D eigenvalue weighted by molar-refractivity contribution is 0.608. The van der Waals surface area contributed by atoms with Crippen molar-refractivity contribution in [3.8, 4) is 0 Å². The van der Waals surface area contributed by atoms with Gasteiger partial charge in [-0.15, -0.1) is 0 Å². The van der Waals surface area contributed by atoms with E-state index in [2.05, 4.69) is 69.5 Å². The molecule has 108 valence electrons. The number of hydrogen-bond acceptors (Lipinski definition) is 2. The first-order chi connectivity index (χ1) is 8.90. The van der Waals surface area contributed by atoms with Crippen LogP contribution in [0.3, 0.4) is 0 Å². The van der Waals surface area contributed by atoms with Gasteiger partial charge in [-0.3, -0.25) is 0 Å². The van der Waals surface area contributed by atoms with E-state index in [1.54, 1.807) is 0 Å². The lowest BCUT2D eigenvalue weighted by Gasteiger charge is -2.34. The zero-order valence-corrected chi connectivity index (χ0v) is 13.8. The van der Waals surface area contributed by atoms with Crippen LogP contribution >= 0.6 is 11.6 Å². The van der Waals surface area contributed by atoms with Crippen molar-refractivity contribution in [1.82, 2.24) is 0 Å². The van der Waals surface area contributed by atoms with Crippen molar-refractivity contribution >= 4 is 23.0 Å². The van der Waals surface area contributed by atoms with Crippen LogP contribution in [0.2, 0.25) is 5.02 Å². The van der Waals surface area contributed by atoms with Crippen LogP contribution < -0.4 is 9.80 Å². The summed E-state index contributed by atoms with van der Waals surface area (Å²) in [7, 11) is 0. The molecule has 1 aromatic rings. The second-order valence-electron chi connectivity index (χ2n) is 5.43. The van der Waals surface area contributed by atoms with Gasteiger partial charge in [0, 0.05) is 41.6 Å². The van der Waals surface area contributed by atoms with Crippen molar-refractivity contribution in [2.24, 2.45) is 0 Å². The maximum atomic E-state index is 6.31. The normalized spacial score (nSPS) is 11.2. The quantitative estimate of drug-likeness (QED) is 0.739. The molecule has 0 saturated carbocycles. The van der Waals surface area contributed by atoms with Crippen LogP contribution in [-0.2, 0) is 0 Å². The fourth-order valence-corrected chi connectivity index (χ4v) is 2.90. The molecular formula is C16H27ClN2. The monoisotopic (exact) mass is 282 g/mol. The van der Waals surface area contributed by atoms with E-state index < -0.39 is 0 Å². The van der Waals surface area contributed by atoms with E-state index in [-0.39, 0.29) is 0 Å². The van der Waals surface area contributed by atoms with Gasteiger partial charge in [-0.1, -0.05) is 11.6 Å². The Morgan fingerprint density at radius 2 is 1.37 bits per heavy atom. The Labute approximate surface area is 123 Å². The number of halogens is 1. The molecule has 0 spiro atoms. The zero-order valence-electron chi connectivity index (χ0n) is 13.1. The van der Waals surface area contributed by atoms with Crippen molar-refractivity contribution in [3.05, 3.63) is 23.2 Å². The van der Waals surface area contributed by atoms with Gasteiger partial charge in [-0.05, 0) is 59.7 Å². The minimum atomic E-state index is 0.461. The van der Waals surface area contributed by atoms with Gasteiger partial charge < -0.3 is 9.80 Å². The van der Waals surface area contributed by atoms with E-state index in [9.17, 15) is 0 Å². The van der Waals surface area contributed by atoms with Crippen molar-refractivity contribution in [2.75, 3.05) is 22.9 Å². The van der Waals surface area contributed by atoms with Crippen molar-refractivity contribution < 1.29 is 0 Å². The maximum Gasteiger partial charge on any atom is 0.0447 e. The predicted molar refractivity (Wildman–Crippen MR) is 87.8 cm³/mol. The summed E-state index contributed by atoms with van der Waals surface area (Å²) in [6.45, 7) is 15.2. The molecule has 0 saturated heterocycles. The van der Waals surface area contributed by atoms with E-state index in [0.717, 1.165) is 18.1 Å². The molecule has 1 rings (SSSR count). The molecule has 0 heterocycles. The first-order valence-corrected chi connectivity index (χ1v) is 7.62. The third kappa shape index (κ3) is 4.04. The van der Waals surface area contributed by atoms with E-state index in [1.165, 1.54) is 11.4 Å². The highest BCUT2D eigenvalue weighted by Crippen LogP contribution is 2.30. The number of benzene rings is 1. The molecule has 0 aromatic heterocycles. The van der Waals surface area contributed by atoms with Gasteiger partial charge >= 0.3 is 0 Å². The molecule has 0 N–H and O–H groups in total. The van der Waals surface area contributed by atoms with E-state index >= 15 is 0 Å². The summed E-state index contributed by atoms with van der Waals surface area (Å²) in [5, 5.41) is 0.811. The Morgan fingerprint density at radius 3 is 1.79 bits per heavy atom. The van der Waals surface area contributed by atoms with Crippen LogP contribution in [0.1, 0.15) is 41.5 Å². The van der Waals surface area contributed by atoms with Crippen LogP contribution in [0.25, 0.3) is 0 Å². The molecule has 3 heteroatoms. The molecule has 0 aliphatic carbocycles. The van der Waals surface area contributed by atoms with Gasteiger partial charge in [0.15, 0.2) is 0 Å². The average Bonchev–Trinajstić information content (AvgIpc) is 2.28. The molecule has 0 atom stereocenters. The Kier molecular flexibility index (Phi) is 5.99. The van der Waals surface area contributed by atoms with Crippen LogP contribution in [-0.4, -0.2) is 25.2 Å². The minimum absolute atomic E-state index is 0.461. The fraction of sp³-hybridized carbons (Fsp3) is 0.625. The first-order valence-electron chi connectivity index (χ1n) is 7.24. The minimum Gasteiger partial charge on any atom is -0.372 e. The molecule has 1 aromatic carbocycles. The summed E-state index contributed by atoms with van der Waals surface area (Å²) in [6, 6.07) is 7.29. The SMILES string of the molecule is CCN(CC)c1cc(Cl)cc(N(C(C)C)C(C)C)c1. The molecule has 0 aliphatic rings. The lowest BCUT2D eigenvalue weighted by atomic mass is 10.1. The van der Waals surface area contributed by atoms with E-state index in [0.29, 0.717) is 12.1 Å². The molecule has 0 radical (unpaired) electrons. The number of anilines is 2. The predicted octanol–water partition coefficient (Wildman–Crippen LogP) is 4.81. The summed E-state index contributed by atoms with van der Waals surface area (Å²) in [5.41, 5.74) is 2.42. The summed E-state index contributed by atoms with van der Waals surface area (Å²) in [6.07, 6.45) is 0. The average molecular weight is 283 g/mol. The van der Waals surface area contributed by atoms with Crippen molar-refractivity contribution in [2.45, 2.75) is 53.6 Å². The standard InChI is InChI=1S/C16H27ClN2/c1-7-18(8-2)15-9-14(17)10-16(11-15)19(12(3)4)13(5)6/h9-13H,7-8H2,1-6H3. The number of rotatable bonds is 6. The fourth-order valence-electron chi connectivity index (χ4n) is 2.67. The molecular weight excluding hydrogens is 256 g/mol. The summed E-state index contributed by atoms with van der Waals surface area (Å²) in [4.78, 5) is 4.73. The summed E-state index contributed by atoms with van der Waals surface area (Å²) in [5.74, 6) is 0. The third-order valence-electron chi connectivity index (χ3n) is 3.41. The lowest BCUT2D eigenvalue weighted by Crippen LogP contribution is -2.37. The van der Waals surface area contributed by atoms with Gasteiger partial charge in [-0.25, -0.2) is 0 Å². The highest BCUT2D eigenvalue weighted by molar-refractivity contribution is 6.31. The summed E-state index contributed by atoms with van der Waals surface area (Å²) < 4.78 is 0. The second-order valence-corrected chi connectivity index (χ2v) is 5.87. The van der Waals surface area contributed by atoms with Crippen LogP contribution in [0.4, 0.5) is 11.4 Å². The number of hydrogen-bond donors (Lipinski definition) is 0. The number of nitrogens with zero attached hydrogens (tertiary/aromatic N) is 2. The molecule has 2 nitrogen and oxygen atoms in total. The van der Waals surface area contributed by atoms with Crippen LogP contribution in [0.5, 0.6) is 0 Å². The maximum absolute atomic E-state index is 6.31. The largest absolute Gasteiger partial charge is 0.372 e. The van der Waals surface area contributed by atoms with Crippen LogP contribution in [0, 0.1) is 0 Å². The molecule has 0 amide bonds. The van der Waals surface area contributed by atoms with Crippen LogP contribution in [0.15, 0.2) is 18.2 Å². The van der Waals surface area contributed by atoms with Gasteiger partial charge in [0.2, 0.25) is 0 Å². The Balaban J connectivity index is 3.21. The van der Waals surface area contributed by atoms with Crippen molar-refractivity contribution in [1.29, 1.82) is 0 Å². The smallest absolute Gasteiger partial charge is 0.0447 e. The topological polar surface area (TPSA) is 6.48 Å². The molecule has 0 fully saturated rings. The first kappa shape index (κ1) is 16.2. The molecule has 0 aliphatic heterocycles. The second kappa shape index (κ2) is 7.04. The van der Waals surface area contributed by atoms with Gasteiger partial charge in [0.25, 0.3) is 0 Å². The molecule has 19 heavy (non-hydrogen) atoms. The molecule has 0 bridgehead atoms. The Morgan fingerprint density at radius 1 is 0.895 bits per heavy atom. The Hall–Kier alpha value is -0.890. The van der Waals surface area contributed by atoms with Gasteiger partial charge in [-0.2, -0.15) is 0 Å². The summed E-state index contributed by atoms with van der Waals surface area (Å²) >= 11 is 6.31. The van der Waals surface area contributed by atoms with E-state index in [4.69, 9.17) is 11.6 Å². The molecule has 0 unspecified atom stereocenters. The van der Waals surface area contributed by atoms with Crippen molar-refractivity contribution in [3.63, 3.8) is 0 Å². The van der Waals surface area contributed by atoms with Gasteiger partial charge in [0.05, 0.1) is 0 Å². The highest BCUT2D eigenvalue weighted by Gasteiger charge is 2.16. The third-order valence-corrected chi connectivity index (χ3v) is 3.62. The zero-order chi connectivity index (χ0) is 14.6. The highest BCUT2D eigenvalue weighted by atomic mass is 35.5. The van der Waals surface area contributed by atoms with E-state index in [1.807, 2.05) is 0 Å². The Bertz CT molecular complexity index is 390.